The highest BCUT2D eigenvalue weighted by atomic mass is 35.5. The van der Waals surface area contributed by atoms with Crippen LogP contribution < -0.4 is 10.6 Å². The fourth-order valence-electron chi connectivity index (χ4n) is 3.05. The van der Waals surface area contributed by atoms with Gasteiger partial charge in [-0.15, -0.1) is 0 Å². The average Bonchev–Trinajstić information content (AvgIpc) is 3.48. The second-order valence-electron chi connectivity index (χ2n) is 6.72. The first-order valence-corrected chi connectivity index (χ1v) is 9.17. The molecule has 1 aromatic heterocycles. The Hall–Kier alpha value is -2.92. The van der Waals surface area contributed by atoms with Gasteiger partial charge in [0.25, 0.3) is 5.91 Å². The van der Waals surface area contributed by atoms with Crippen LogP contribution in [0, 0.1) is 0 Å². The second-order valence-corrected chi connectivity index (χ2v) is 7.12. The van der Waals surface area contributed by atoms with E-state index in [9.17, 15) is 9.59 Å². The zero-order valence-electron chi connectivity index (χ0n) is 14.8. The number of amides is 2. The first-order valence-electron chi connectivity index (χ1n) is 8.79. The van der Waals surface area contributed by atoms with E-state index in [-0.39, 0.29) is 11.8 Å². The third kappa shape index (κ3) is 3.78. The number of para-hydroxylation sites is 1. The second kappa shape index (κ2) is 7.00. The minimum absolute atomic E-state index is 0.204. The molecule has 2 aromatic carbocycles. The predicted octanol–water partition coefficient (Wildman–Crippen LogP) is 4.98. The molecule has 3 aromatic rings. The monoisotopic (exact) mass is 379 g/mol. The lowest BCUT2D eigenvalue weighted by atomic mass is 10.1. The van der Waals surface area contributed by atoms with E-state index in [2.05, 4.69) is 10.6 Å². The molecule has 1 aliphatic carbocycles. The van der Waals surface area contributed by atoms with Crippen molar-refractivity contribution >= 4 is 45.7 Å². The van der Waals surface area contributed by atoms with Crippen LogP contribution in [-0.2, 0) is 4.79 Å². The summed E-state index contributed by atoms with van der Waals surface area (Å²) < 4.78 is 0. The summed E-state index contributed by atoms with van der Waals surface area (Å²) in [5.41, 5.74) is 3.47. The number of fused-ring (bicyclic) bond motifs is 1. The molecular weight excluding hydrogens is 362 g/mol. The van der Waals surface area contributed by atoms with Crippen LogP contribution in [0.3, 0.4) is 0 Å². The summed E-state index contributed by atoms with van der Waals surface area (Å²) in [6.07, 6.45) is 2.24. The third-order valence-electron chi connectivity index (χ3n) is 4.51. The largest absolute Gasteiger partial charge is 0.325 e. The van der Waals surface area contributed by atoms with Gasteiger partial charge in [-0.3, -0.25) is 14.6 Å². The van der Waals surface area contributed by atoms with Crippen molar-refractivity contribution in [1.29, 1.82) is 0 Å². The van der Waals surface area contributed by atoms with E-state index in [0.29, 0.717) is 27.9 Å². The van der Waals surface area contributed by atoms with Gasteiger partial charge >= 0.3 is 0 Å². The summed E-state index contributed by atoms with van der Waals surface area (Å²) in [6.45, 7) is 1.41. The molecule has 4 rings (SSSR count). The minimum Gasteiger partial charge on any atom is -0.325 e. The molecule has 0 bridgehead atoms. The normalized spacial score (nSPS) is 13.4. The van der Waals surface area contributed by atoms with Crippen molar-refractivity contribution in [2.75, 3.05) is 10.6 Å². The number of rotatable bonds is 4. The van der Waals surface area contributed by atoms with Crippen LogP contribution in [0.1, 0.15) is 41.7 Å². The van der Waals surface area contributed by atoms with Gasteiger partial charge in [0.2, 0.25) is 5.91 Å². The number of nitrogens with one attached hydrogen (secondary N) is 2. The van der Waals surface area contributed by atoms with E-state index < -0.39 is 0 Å². The topological polar surface area (TPSA) is 71.1 Å². The Morgan fingerprint density at radius 1 is 1.07 bits per heavy atom. The van der Waals surface area contributed by atoms with Crippen molar-refractivity contribution in [2.45, 2.75) is 25.7 Å². The molecule has 6 heteroatoms. The van der Waals surface area contributed by atoms with Crippen molar-refractivity contribution in [2.24, 2.45) is 0 Å². The van der Waals surface area contributed by atoms with Crippen LogP contribution in [0.4, 0.5) is 11.4 Å². The van der Waals surface area contributed by atoms with E-state index in [1.54, 1.807) is 18.2 Å². The Bertz CT molecular complexity index is 1060. The maximum Gasteiger partial charge on any atom is 0.256 e. The molecule has 136 valence electrons. The number of nitrogens with zero attached hydrogens (tertiary/aromatic N) is 1. The van der Waals surface area contributed by atoms with Gasteiger partial charge in [0.15, 0.2) is 0 Å². The molecular formula is C21H18ClN3O2. The van der Waals surface area contributed by atoms with Gasteiger partial charge in [0.1, 0.15) is 0 Å². The number of aromatic nitrogens is 1. The van der Waals surface area contributed by atoms with Crippen LogP contribution >= 0.6 is 11.6 Å². The number of pyridine rings is 1. The lowest BCUT2D eigenvalue weighted by Gasteiger charge is -2.12. The number of halogens is 1. The molecule has 0 radical (unpaired) electrons. The Kier molecular flexibility index (Phi) is 4.54. The zero-order chi connectivity index (χ0) is 19.0. The van der Waals surface area contributed by atoms with Gasteiger partial charge in [-0.2, -0.15) is 0 Å². The van der Waals surface area contributed by atoms with Crippen LogP contribution in [-0.4, -0.2) is 16.8 Å². The standard InChI is InChI=1S/C21H18ClN3O2/c1-12(26)23-19-9-8-14(10-17(19)22)24-21(27)16-11-20(13-6-7-13)25-18-5-3-2-4-15(16)18/h2-5,8-11,13H,6-7H2,1H3,(H,23,26)(H,24,27). The highest BCUT2D eigenvalue weighted by Gasteiger charge is 2.27. The van der Waals surface area contributed by atoms with Gasteiger partial charge in [-0.05, 0) is 43.2 Å². The Morgan fingerprint density at radius 2 is 1.85 bits per heavy atom. The van der Waals surface area contributed by atoms with Crippen molar-refractivity contribution in [1.82, 2.24) is 4.98 Å². The van der Waals surface area contributed by atoms with Crippen molar-refractivity contribution < 1.29 is 9.59 Å². The molecule has 0 spiro atoms. The number of hydrogen-bond acceptors (Lipinski definition) is 3. The Morgan fingerprint density at radius 3 is 2.56 bits per heavy atom. The molecule has 2 amide bonds. The summed E-state index contributed by atoms with van der Waals surface area (Å²) in [5, 5.41) is 6.72. The fraction of sp³-hybridized carbons (Fsp3) is 0.190. The van der Waals surface area contributed by atoms with Crippen molar-refractivity contribution in [3.8, 4) is 0 Å². The molecule has 0 aliphatic heterocycles. The van der Waals surface area contributed by atoms with Gasteiger partial charge < -0.3 is 10.6 Å². The molecule has 5 nitrogen and oxygen atoms in total. The van der Waals surface area contributed by atoms with E-state index in [1.807, 2.05) is 30.3 Å². The number of carbonyl (C=O) groups is 2. The number of anilines is 2. The lowest BCUT2D eigenvalue weighted by Crippen LogP contribution is -2.14. The van der Waals surface area contributed by atoms with Crippen LogP contribution in [0.25, 0.3) is 10.9 Å². The van der Waals surface area contributed by atoms with Gasteiger partial charge in [-0.25, -0.2) is 0 Å². The molecule has 27 heavy (non-hydrogen) atoms. The number of hydrogen-bond donors (Lipinski definition) is 2. The summed E-state index contributed by atoms with van der Waals surface area (Å²) in [7, 11) is 0. The quantitative estimate of drug-likeness (QED) is 0.671. The third-order valence-corrected chi connectivity index (χ3v) is 4.83. The van der Waals surface area contributed by atoms with E-state index >= 15 is 0 Å². The summed E-state index contributed by atoms with van der Waals surface area (Å²) in [4.78, 5) is 28.8. The van der Waals surface area contributed by atoms with Gasteiger partial charge in [-0.1, -0.05) is 29.8 Å². The predicted molar refractivity (Wildman–Crippen MR) is 107 cm³/mol. The lowest BCUT2D eigenvalue weighted by molar-refractivity contribution is -0.114. The van der Waals surface area contributed by atoms with E-state index in [4.69, 9.17) is 16.6 Å². The van der Waals surface area contributed by atoms with E-state index in [1.165, 1.54) is 6.92 Å². The zero-order valence-corrected chi connectivity index (χ0v) is 15.5. The van der Waals surface area contributed by atoms with Crippen molar-refractivity contribution in [3.05, 3.63) is 64.8 Å². The Labute approximate surface area is 161 Å². The number of benzene rings is 2. The molecule has 2 N–H and O–H groups in total. The smallest absolute Gasteiger partial charge is 0.256 e. The van der Waals surface area contributed by atoms with Gasteiger partial charge in [0, 0.05) is 29.6 Å². The maximum atomic E-state index is 12.9. The fourth-order valence-corrected chi connectivity index (χ4v) is 3.28. The molecule has 1 fully saturated rings. The maximum absolute atomic E-state index is 12.9. The molecule has 1 aliphatic rings. The summed E-state index contributed by atoms with van der Waals surface area (Å²) in [6, 6.07) is 14.5. The molecule has 0 saturated heterocycles. The van der Waals surface area contributed by atoms with Crippen molar-refractivity contribution in [3.63, 3.8) is 0 Å². The van der Waals surface area contributed by atoms with Crippen LogP contribution in [0.2, 0.25) is 5.02 Å². The Balaban J connectivity index is 1.65. The molecule has 0 unspecified atom stereocenters. The SMILES string of the molecule is CC(=O)Nc1ccc(NC(=O)c2cc(C3CC3)nc3ccccc23)cc1Cl. The van der Waals surface area contributed by atoms with Gasteiger partial charge in [0.05, 0.1) is 21.8 Å². The molecule has 1 saturated carbocycles. The first kappa shape index (κ1) is 17.5. The van der Waals surface area contributed by atoms with E-state index in [0.717, 1.165) is 29.4 Å². The highest BCUT2D eigenvalue weighted by molar-refractivity contribution is 6.34. The molecule has 1 heterocycles. The number of carbonyl (C=O) groups excluding carboxylic acids is 2. The minimum atomic E-state index is -0.209. The summed E-state index contributed by atoms with van der Waals surface area (Å²) in [5.74, 6) is 0.0379. The highest BCUT2D eigenvalue weighted by Crippen LogP contribution is 2.40. The van der Waals surface area contributed by atoms with Crippen LogP contribution in [0.5, 0.6) is 0 Å². The van der Waals surface area contributed by atoms with Crippen LogP contribution in [0.15, 0.2) is 48.5 Å². The first-order chi connectivity index (χ1) is 13.0. The molecule has 0 atom stereocenters. The summed E-state index contributed by atoms with van der Waals surface area (Å²) >= 11 is 6.20. The average molecular weight is 380 g/mol.